The maximum Gasteiger partial charge on any atom is 0.360 e. The van der Waals surface area contributed by atoms with Crippen molar-refractivity contribution in [3.05, 3.63) is 29.8 Å². The van der Waals surface area contributed by atoms with Gasteiger partial charge in [-0.2, -0.15) is 0 Å². The van der Waals surface area contributed by atoms with E-state index in [1.165, 1.54) is 19.2 Å². The Balaban J connectivity index is 1.81. The van der Waals surface area contributed by atoms with Gasteiger partial charge in [-0.25, -0.2) is 13.2 Å². The number of hydrogen-bond acceptors (Lipinski definition) is 6. The summed E-state index contributed by atoms with van der Waals surface area (Å²) < 4.78 is 29.2. The summed E-state index contributed by atoms with van der Waals surface area (Å²) in [7, 11) is -1.97. The summed E-state index contributed by atoms with van der Waals surface area (Å²) in [5, 5.41) is 3.72. The summed E-state index contributed by atoms with van der Waals surface area (Å²) in [5.41, 5.74) is 0.536. The molecule has 2 fully saturated rings. The molecule has 0 unspecified atom stereocenters. The lowest BCUT2D eigenvalue weighted by atomic mass is 10.1. The summed E-state index contributed by atoms with van der Waals surface area (Å²) in [5.74, 6) is -0.606. The number of ether oxygens (including phenoxy) is 1. The molecule has 0 heterocycles. The lowest BCUT2D eigenvalue weighted by Crippen LogP contribution is -2.19. The molecular weight excluding hydrogens is 330 g/mol. The number of hydrogen-bond donors (Lipinski definition) is 0. The number of carbonyl (C=O) groups excluding carboxylic acids is 1. The number of sulfone groups is 1. The number of methoxy groups -OCH3 is 1. The lowest BCUT2D eigenvalue weighted by Gasteiger charge is -2.10. The second-order valence-electron chi connectivity index (χ2n) is 6.21. The quantitative estimate of drug-likeness (QED) is 0.447. The molecule has 0 bridgehead atoms. The highest BCUT2D eigenvalue weighted by atomic mass is 32.2. The average molecular weight is 351 g/mol. The number of oxime groups is 1. The van der Waals surface area contributed by atoms with Crippen LogP contribution in [-0.2, 0) is 24.2 Å². The van der Waals surface area contributed by atoms with Crippen molar-refractivity contribution in [2.45, 2.75) is 54.8 Å². The highest BCUT2D eigenvalue weighted by molar-refractivity contribution is 7.92. The second-order valence-corrected chi connectivity index (χ2v) is 8.44. The summed E-state index contributed by atoms with van der Waals surface area (Å²) >= 11 is 0. The molecule has 1 aromatic carbocycles. The van der Waals surface area contributed by atoms with E-state index in [1.807, 2.05) is 0 Å². The van der Waals surface area contributed by atoms with Gasteiger partial charge in [0.15, 0.2) is 15.5 Å². The first-order chi connectivity index (χ1) is 11.5. The Hall–Kier alpha value is -1.89. The predicted molar refractivity (Wildman–Crippen MR) is 88.5 cm³/mol. The van der Waals surface area contributed by atoms with Gasteiger partial charge in [0.1, 0.15) is 6.10 Å². The van der Waals surface area contributed by atoms with Crippen LogP contribution in [0, 0.1) is 0 Å². The molecule has 3 rings (SSSR count). The van der Waals surface area contributed by atoms with Crippen LogP contribution >= 0.6 is 0 Å². The van der Waals surface area contributed by atoms with Crippen LogP contribution in [0.4, 0.5) is 0 Å². The predicted octanol–water partition coefficient (Wildman–Crippen LogP) is 2.46. The Labute approximate surface area is 141 Å². The summed E-state index contributed by atoms with van der Waals surface area (Å²) in [6.45, 7) is 0. The van der Waals surface area contributed by atoms with Crippen LogP contribution in [0.15, 0.2) is 34.3 Å². The van der Waals surface area contributed by atoms with Crippen molar-refractivity contribution in [3.8, 4) is 0 Å². The van der Waals surface area contributed by atoms with Gasteiger partial charge in [-0.15, -0.1) is 0 Å². The standard InChI is InChI=1S/C17H21NO5S/c1-22-17(19)16(18-23-13-4-2-3-5-13)12-6-8-14(9-7-12)24(20,21)15-10-11-15/h6-9,13,15H,2-5,10-11H2,1H3/b18-16+. The number of carbonyl (C=O) groups is 1. The van der Waals surface area contributed by atoms with Crippen molar-refractivity contribution in [2.75, 3.05) is 7.11 Å². The van der Waals surface area contributed by atoms with E-state index in [9.17, 15) is 13.2 Å². The molecule has 0 atom stereocenters. The zero-order chi connectivity index (χ0) is 17.2. The Morgan fingerprint density at radius 1 is 1.08 bits per heavy atom. The molecule has 0 N–H and O–H groups in total. The minimum absolute atomic E-state index is 0.0270. The minimum atomic E-state index is -3.25. The van der Waals surface area contributed by atoms with Crippen LogP contribution in [0.2, 0.25) is 0 Å². The highest BCUT2D eigenvalue weighted by Crippen LogP contribution is 2.33. The number of esters is 1. The van der Waals surface area contributed by atoms with Gasteiger partial charge in [-0.05, 0) is 50.7 Å². The first-order valence-electron chi connectivity index (χ1n) is 8.19. The molecule has 24 heavy (non-hydrogen) atoms. The molecular formula is C17H21NO5S. The highest BCUT2D eigenvalue weighted by Gasteiger charge is 2.36. The van der Waals surface area contributed by atoms with E-state index in [2.05, 4.69) is 5.16 Å². The second kappa shape index (κ2) is 6.93. The zero-order valence-electron chi connectivity index (χ0n) is 13.6. The Morgan fingerprint density at radius 3 is 2.25 bits per heavy atom. The Kier molecular flexibility index (Phi) is 4.89. The van der Waals surface area contributed by atoms with Crippen LogP contribution in [0.3, 0.4) is 0 Å². The molecule has 0 radical (unpaired) electrons. The van der Waals surface area contributed by atoms with Crippen LogP contribution in [0.1, 0.15) is 44.1 Å². The van der Waals surface area contributed by atoms with Gasteiger partial charge in [-0.1, -0.05) is 17.3 Å². The molecule has 2 aliphatic rings. The van der Waals surface area contributed by atoms with Gasteiger partial charge in [-0.3, -0.25) is 0 Å². The van der Waals surface area contributed by atoms with E-state index in [0.717, 1.165) is 25.7 Å². The van der Waals surface area contributed by atoms with Gasteiger partial charge in [0.05, 0.1) is 17.3 Å². The Bertz CT molecular complexity index is 729. The largest absolute Gasteiger partial charge is 0.464 e. The molecule has 2 aliphatic carbocycles. The minimum Gasteiger partial charge on any atom is -0.464 e. The average Bonchev–Trinajstić information content (AvgIpc) is 3.34. The Morgan fingerprint density at radius 2 is 1.71 bits per heavy atom. The maximum absolute atomic E-state index is 12.2. The van der Waals surface area contributed by atoms with E-state index < -0.39 is 15.8 Å². The fraction of sp³-hybridized carbons (Fsp3) is 0.529. The first kappa shape index (κ1) is 17.0. The van der Waals surface area contributed by atoms with E-state index >= 15 is 0 Å². The van der Waals surface area contributed by atoms with Gasteiger partial charge >= 0.3 is 5.97 Å². The van der Waals surface area contributed by atoms with E-state index in [1.54, 1.807) is 12.1 Å². The van der Waals surface area contributed by atoms with Gasteiger partial charge < -0.3 is 9.57 Å². The van der Waals surface area contributed by atoms with Crippen molar-refractivity contribution in [2.24, 2.45) is 5.16 Å². The third-order valence-corrected chi connectivity index (χ3v) is 6.67. The van der Waals surface area contributed by atoms with Crippen LogP contribution in [-0.4, -0.2) is 38.6 Å². The monoisotopic (exact) mass is 351 g/mol. The molecule has 130 valence electrons. The van der Waals surface area contributed by atoms with Crippen LogP contribution < -0.4 is 0 Å². The first-order valence-corrected chi connectivity index (χ1v) is 9.73. The number of nitrogens with zero attached hydrogens (tertiary/aromatic N) is 1. The van der Waals surface area contributed by atoms with Crippen LogP contribution in [0.25, 0.3) is 0 Å². The fourth-order valence-electron chi connectivity index (χ4n) is 2.80. The van der Waals surface area contributed by atoms with Crippen molar-refractivity contribution in [1.82, 2.24) is 0 Å². The topological polar surface area (TPSA) is 82.0 Å². The third-order valence-electron chi connectivity index (χ3n) is 4.39. The molecule has 7 heteroatoms. The number of benzene rings is 1. The van der Waals surface area contributed by atoms with Gasteiger partial charge in [0, 0.05) is 5.56 Å². The summed E-state index contributed by atoms with van der Waals surface area (Å²) in [6.07, 6.45) is 5.51. The van der Waals surface area contributed by atoms with Gasteiger partial charge in [0.2, 0.25) is 0 Å². The lowest BCUT2D eigenvalue weighted by molar-refractivity contribution is -0.132. The molecule has 0 spiro atoms. The summed E-state index contributed by atoms with van der Waals surface area (Å²) in [4.78, 5) is 17.7. The van der Waals surface area contributed by atoms with E-state index in [-0.39, 0.29) is 22.0 Å². The van der Waals surface area contributed by atoms with E-state index in [0.29, 0.717) is 18.4 Å². The maximum atomic E-state index is 12.2. The van der Waals surface area contributed by atoms with Crippen molar-refractivity contribution in [1.29, 1.82) is 0 Å². The fourth-order valence-corrected chi connectivity index (χ4v) is 4.46. The third kappa shape index (κ3) is 3.61. The van der Waals surface area contributed by atoms with Crippen molar-refractivity contribution < 1.29 is 22.8 Å². The van der Waals surface area contributed by atoms with Crippen LogP contribution in [0.5, 0.6) is 0 Å². The smallest absolute Gasteiger partial charge is 0.360 e. The molecule has 2 saturated carbocycles. The molecule has 1 aromatic rings. The molecule has 0 saturated heterocycles. The molecule has 0 aliphatic heterocycles. The molecule has 6 nitrogen and oxygen atoms in total. The zero-order valence-corrected chi connectivity index (χ0v) is 14.4. The van der Waals surface area contributed by atoms with Gasteiger partial charge in [0.25, 0.3) is 0 Å². The summed E-state index contributed by atoms with van der Waals surface area (Å²) in [6, 6.07) is 6.17. The normalized spacial score (nSPS) is 19.3. The van der Waals surface area contributed by atoms with E-state index in [4.69, 9.17) is 9.57 Å². The van der Waals surface area contributed by atoms with Crippen molar-refractivity contribution in [3.63, 3.8) is 0 Å². The van der Waals surface area contributed by atoms with Crippen molar-refractivity contribution >= 4 is 21.5 Å². The SMILES string of the molecule is COC(=O)/C(=N/OC1CCCC1)c1ccc(S(=O)(=O)C2CC2)cc1. The number of rotatable bonds is 6. The molecule has 0 amide bonds. The molecule has 0 aromatic heterocycles.